The zero-order valence-corrected chi connectivity index (χ0v) is 7.83. The van der Waals surface area contributed by atoms with Crippen LogP contribution >= 0.6 is 0 Å². The van der Waals surface area contributed by atoms with E-state index in [2.05, 4.69) is 10.3 Å². The van der Waals surface area contributed by atoms with Crippen LogP contribution in [0.3, 0.4) is 0 Å². The molecule has 2 N–H and O–H groups in total. The van der Waals surface area contributed by atoms with Crippen molar-refractivity contribution in [2.24, 2.45) is 0 Å². The first-order valence-corrected chi connectivity index (χ1v) is 4.13. The van der Waals surface area contributed by atoms with Gasteiger partial charge in [0.25, 0.3) is 5.91 Å². The van der Waals surface area contributed by atoms with Crippen molar-refractivity contribution in [2.75, 3.05) is 13.7 Å². The maximum Gasteiger partial charge on any atom is 0.266 e. The number of nitrogens with one attached hydrogen (secondary N) is 2. The van der Waals surface area contributed by atoms with Gasteiger partial charge in [0, 0.05) is 6.54 Å². The van der Waals surface area contributed by atoms with Gasteiger partial charge < -0.3 is 4.90 Å². The van der Waals surface area contributed by atoms with E-state index in [-0.39, 0.29) is 11.9 Å². The zero-order valence-electron chi connectivity index (χ0n) is 7.83. The lowest BCUT2D eigenvalue weighted by molar-refractivity contribution is -0.134. The van der Waals surface area contributed by atoms with E-state index >= 15 is 0 Å². The Kier molecular flexibility index (Phi) is 3.25. The number of rotatable bonds is 2. The largest absolute Gasteiger partial charge is 0.348 e. The van der Waals surface area contributed by atoms with Crippen molar-refractivity contribution in [1.29, 1.82) is 5.41 Å². The monoisotopic (exact) mass is 184 g/mol. The molecule has 0 aromatic carbocycles. The van der Waals surface area contributed by atoms with Gasteiger partial charge in [-0.3, -0.25) is 15.0 Å². The summed E-state index contributed by atoms with van der Waals surface area (Å²) in [5.41, 5.74) is 2.28. The van der Waals surface area contributed by atoms with Crippen molar-refractivity contribution in [3.05, 3.63) is 6.42 Å². The Morgan fingerprint density at radius 3 is 3.00 bits per heavy atom. The second-order valence-corrected chi connectivity index (χ2v) is 2.95. The molecule has 1 aliphatic rings. The molecular weight excluding hydrogens is 170 g/mol. The Balaban J connectivity index is 2.57. The van der Waals surface area contributed by atoms with Crippen LogP contribution in [0.5, 0.6) is 0 Å². The van der Waals surface area contributed by atoms with Crippen LogP contribution < -0.4 is 5.48 Å². The van der Waals surface area contributed by atoms with Crippen LogP contribution in [0, 0.1) is 11.8 Å². The summed E-state index contributed by atoms with van der Waals surface area (Å²) in [6.45, 7) is 2.34. The number of hydrogen-bond donors (Lipinski definition) is 2. The molecule has 5 heteroatoms. The molecule has 1 fully saturated rings. The van der Waals surface area contributed by atoms with Gasteiger partial charge in [-0.1, -0.05) is 0 Å². The fourth-order valence-corrected chi connectivity index (χ4v) is 1.41. The lowest BCUT2D eigenvalue weighted by atomic mass is 10.2. The summed E-state index contributed by atoms with van der Waals surface area (Å²) in [5.74, 6) is 0.216. The predicted molar refractivity (Wildman–Crippen MR) is 48.0 cm³/mol. The highest BCUT2D eigenvalue weighted by Crippen LogP contribution is 2.16. The topological polar surface area (TPSA) is 65.4 Å². The highest BCUT2D eigenvalue weighted by Gasteiger charge is 2.31. The number of hydroxylamine groups is 1. The van der Waals surface area contributed by atoms with E-state index in [4.69, 9.17) is 5.41 Å². The molecule has 1 amide bonds. The standard InChI is InChI=1S/C8H14N3O2/c1-6(9)11-5-3-4-7(11)8(12)10-13-2/h3,7,9H,4-5H2,1-2H3,(H,10,12). The second-order valence-electron chi connectivity index (χ2n) is 2.95. The minimum Gasteiger partial charge on any atom is -0.348 e. The molecule has 1 saturated heterocycles. The van der Waals surface area contributed by atoms with Gasteiger partial charge in [-0.05, 0) is 19.8 Å². The normalized spacial score (nSPS) is 21.7. The predicted octanol–water partition coefficient (Wildman–Crippen LogP) is -0.0602. The van der Waals surface area contributed by atoms with Crippen LogP contribution in [-0.2, 0) is 9.63 Å². The summed E-state index contributed by atoms with van der Waals surface area (Å²) in [5, 5.41) is 7.43. The summed E-state index contributed by atoms with van der Waals surface area (Å²) in [6, 6.07) is -0.280. The Hall–Kier alpha value is -1.10. The summed E-state index contributed by atoms with van der Waals surface area (Å²) in [4.78, 5) is 17.6. The van der Waals surface area contributed by atoms with E-state index in [0.717, 1.165) is 0 Å². The Bertz CT molecular complexity index is 217. The summed E-state index contributed by atoms with van der Waals surface area (Å²) >= 11 is 0. The highest BCUT2D eigenvalue weighted by molar-refractivity contribution is 5.88. The highest BCUT2D eigenvalue weighted by atomic mass is 16.6. The van der Waals surface area contributed by atoms with Gasteiger partial charge in [-0.25, -0.2) is 5.48 Å². The Morgan fingerprint density at radius 1 is 1.77 bits per heavy atom. The van der Waals surface area contributed by atoms with E-state index in [9.17, 15) is 4.79 Å². The number of hydrogen-bond acceptors (Lipinski definition) is 3. The Labute approximate surface area is 77.5 Å². The maximum atomic E-state index is 11.4. The molecular formula is C8H14N3O2. The van der Waals surface area contributed by atoms with Gasteiger partial charge >= 0.3 is 0 Å². The van der Waals surface area contributed by atoms with E-state index in [1.807, 2.05) is 6.42 Å². The number of amides is 1. The number of amidine groups is 1. The van der Waals surface area contributed by atoms with Gasteiger partial charge in [-0.15, -0.1) is 0 Å². The molecule has 1 heterocycles. The summed E-state index contributed by atoms with van der Waals surface area (Å²) in [6.07, 6.45) is 2.66. The van der Waals surface area contributed by atoms with Crippen molar-refractivity contribution in [3.63, 3.8) is 0 Å². The first-order chi connectivity index (χ1) is 6.16. The van der Waals surface area contributed by atoms with Crippen LogP contribution in [0.15, 0.2) is 0 Å². The molecule has 0 aromatic heterocycles. The molecule has 0 bridgehead atoms. The minimum atomic E-state index is -0.280. The van der Waals surface area contributed by atoms with Crippen LogP contribution in [0.4, 0.5) is 0 Å². The molecule has 1 aliphatic heterocycles. The van der Waals surface area contributed by atoms with Crippen molar-refractivity contribution in [1.82, 2.24) is 10.4 Å². The van der Waals surface area contributed by atoms with Crippen LogP contribution in [0.2, 0.25) is 0 Å². The molecule has 0 saturated carbocycles. The zero-order chi connectivity index (χ0) is 9.84. The number of nitrogens with zero attached hydrogens (tertiary/aromatic N) is 1. The minimum absolute atomic E-state index is 0.192. The first kappa shape index (κ1) is 9.98. The fraction of sp³-hybridized carbons (Fsp3) is 0.625. The number of likely N-dealkylation sites (tertiary alicyclic amines) is 1. The third-order valence-corrected chi connectivity index (χ3v) is 2.03. The molecule has 1 rings (SSSR count). The van der Waals surface area contributed by atoms with Gasteiger partial charge in [0.15, 0.2) is 0 Å². The molecule has 1 radical (unpaired) electrons. The van der Waals surface area contributed by atoms with Crippen molar-refractivity contribution >= 4 is 11.7 Å². The van der Waals surface area contributed by atoms with Gasteiger partial charge in [0.2, 0.25) is 0 Å². The van der Waals surface area contributed by atoms with Gasteiger partial charge in [-0.2, -0.15) is 0 Å². The van der Waals surface area contributed by atoms with Crippen molar-refractivity contribution < 1.29 is 9.63 Å². The van der Waals surface area contributed by atoms with Gasteiger partial charge in [0.1, 0.15) is 6.04 Å². The smallest absolute Gasteiger partial charge is 0.266 e. The van der Waals surface area contributed by atoms with Crippen LogP contribution in [-0.4, -0.2) is 36.3 Å². The molecule has 0 aliphatic carbocycles. The average Bonchev–Trinajstić information content (AvgIpc) is 2.52. The van der Waals surface area contributed by atoms with Crippen molar-refractivity contribution in [3.8, 4) is 0 Å². The third kappa shape index (κ3) is 2.18. The van der Waals surface area contributed by atoms with Gasteiger partial charge in [0.05, 0.1) is 12.9 Å². The number of carbonyl (C=O) groups excluding carboxylic acids is 1. The van der Waals surface area contributed by atoms with Crippen LogP contribution in [0.1, 0.15) is 13.3 Å². The molecule has 0 spiro atoms. The maximum absolute atomic E-state index is 11.4. The fourth-order valence-electron chi connectivity index (χ4n) is 1.41. The lowest BCUT2D eigenvalue weighted by Crippen LogP contribution is -2.44. The molecule has 1 unspecified atom stereocenters. The van der Waals surface area contributed by atoms with E-state index < -0.39 is 0 Å². The third-order valence-electron chi connectivity index (χ3n) is 2.03. The average molecular weight is 184 g/mol. The molecule has 1 atom stereocenters. The first-order valence-electron chi connectivity index (χ1n) is 4.13. The summed E-state index contributed by atoms with van der Waals surface area (Å²) in [7, 11) is 1.40. The second kappa shape index (κ2) is 4.23. The molecule has 5 nitrogen and oxygen atoms in total. The molecule has 0 aromatic rings. The quantitative estimate of drug-likeness (QED) is 0.359. The van der Waals surface area contributed by atoms with E-state index in [1.54, 1.807) is 11.8 Å². The van der Waals surface area contributed by atoms with Crippen molar-refractivity contribution in [2.45, 2.75) is 19.4 Å². The summed E-state index contributed by atoms with van der Waals surface area (Å²) < 4.78 is 0. The SMILES string of the molecule is CONC(=O)C1C[CH]CN1C(C)=N. The lowest BCUT2D eigenvalue weighted by Gasteiger charge is -2.23. The van der Waals surface area contributed by atoms with Crippen LogP contribution in [0.25, 0.3) is 0 Å². The molecule has 73 valence electrons. The Morgan fingerprint density at radius 2 is 2.46 bits per heavy atom. The van der Waals surface area contributed by atoms with E-state index in [0.29, 0.717) is 18.8 Å². The molecule has 13 heavy (non-hydrogen) atoms. The number of carbonyl (C=O) groups is 1. The van der Waals surface area contributed by atoms with E-state index in [1.165, 1.54) is 7.11 Å².